The Labute approximate surface area is 239 Å². The fraction of sp³-hybridized carbons (Fsp3) is 0.300. The fourth-order valence-electron chi connectivity index (χ4n) is 3.84. The third kappa shape index (κ3) is 10.1. The van der Waals surface area contributed by atoms with Gasteiger partial charge in [-0.05, 0) is 18.4 Å². The first-order valence-corrected chi connectivity index (χ1v) is 15.0. The van der Waals surface area contributed by atoms with Crippen LogP contribution in [0, 0.1) is 26.8 Å². The molecule has 3 aromatic carbocycles. The molecule has 0 fully saturated rings. The molecule has 0 saturated heterocycles. The maximum absolute atomic E-state index is 3.36. The second-order valence-electron chi connectivity index (χ2n) is 7.94. The number of aryl methyl sites for hydroxylation is 1. The van der Waals surface area contributed by atoms with Gasteiger partial charge in [0, 0.05) is 0 Å². The van der Waals surface area contributed by atoms with Gasteiger partial charge in [-0.2, -0.15) is 11.1 Å². The Bertz CT molecular complexity index is 1030. The van der Waals surface area contributed by atoms with Crippen LogP contribution in [0.2, 0.25) is 0 Å². The molecule has 1 aliphatic carbocycles. The molecule has 1 atom stereocenters. The number of halogens is 2. The molecular formula is C30H40Cl2SiZr-4. The minimum absolute atomic E-state index is 0. The Kier molecular flexibility index (Phi) is 21.5. The first-order valence-electron chi connectivity index (χ1n) is 10.8. The molecule has 1 aliphatic rings. The third-order valence-corrected chi connectivity index (χ3v) is 5.97. The summed E-state index contributed by atoms with van der Waals surface area (Å²) < 4.78 is 0. The summed E-state index contributed by atoms with van der Waals surface area (Å²) in [5.74, 6) is 0.560. The van der Waals surface area contributed by atoms with Crippen LogP contribution >= 0.6 is 24.8 Å². The van der Waals surface area contributed by atoms with E-state index in [9.17, 15) is 0 Å². The average Bonchev–Trinajstić information content (AvgIpc) is 3.31. The summed E-state index contributed by atoms with van der Waals surface area (Å²) in [5.41, 5.74) is 8.39. The molecule has 2 radical (unpaired) electrons. The van der Waals surface area contributed by atoms with Crippen molar-refractivity contribution in [2.24, 2.45) is 5.92 Å². The standard InChI is InChI=1S/C19H19.C9H13.2CH3.2ClH.Si.Zr/c1-2-3-7-15-8-6-10-17(14-15)19-13-12-16-9-4-5-11-18(16)19;1-6-5-7(2)9(4)8(6)3;;;;;;/h4-6,8-14H,2-3,7H2,1H3;6H,1-4H3;2*1H3;2*1H;;/q4*-1;;;;. The van der Waals surface area contributed by atoms with Gasteiger partial charge >= 0.3 is 30.2 Å². The number of fused-ring (bicyclic) bond motifs is 1. The number of benzene rings is 2. The summed E-state index contributed by atoms with van der Waals surface area (Å²) >= 11 is 1.36. The maximum atomic E-state index is 3.36. The van der Waals surface area contributed by atoms with E-state index in [4.69, 9.17) is 0 Å². The van der Waals surface area contributed by atoms with E-state index in [1.54, 1.807) is 0 Å². The quantitative estimate of drug-likeness (QED) is 0.210. The second-order valence-corrected chi connectivity index (χ2v) is 7.94. The first-order chi connectivity index (χ1) is 14.5. The minimum atomic E-state index is 0. The third-order valence-electron chi connectivity index (χ3n) is 5.97. The molecule has 0 bridgehead atoms. The molecule has 4 rings (SSSR count). The molecule has 34 heavy (non-hydrogen) atoms. The van der Waals surface area contributed by atoms with Crippen LogP contribution < -0.4 is 0 Å². The molecule has 4 heteroatoms. The summed E-state index contributed by atoms with van der Waals surface area (Å²) in [6.45, 7) is 14.0. The molecule has 3 aromatic rings. The van der Waals surface area contributed by atoms with Crippen LogP contribution in [0.4, 0.5) is 0 Å². The predicted molar refractivity (Wildman–Crippen MR) is 157 cm³/mol. The zero-order valence-electron chi connectivity index (χ0n) is 21.8. The second kappa shape index (κ2) is 19.4. The molecule has 0 saturated carbocycles. The van der Waals surface area contributed by atoms with E-state index in [0.29, 0.717) is 5.92 Å². The van der Waals surface area contributed by atoms with Crippen molar-refractivity contribution in [1.29, 1.82) is 0 Å². The van der Waals surface area contributed by atoms with Crippen molar-refractivity contribution < 1.29 is 23.3 Å². The van der Waals surface area contributed by atoms with E-state index < -0.39 is 0 Å². The Morgan fingerprint density at radius 2 is 1.62 bits per heavy atom. The topological polar surface area (TPSA) is 0 Å². The van der Waals surface area contributed by atoms with Crippen LogP contribution in [0.5, 0.6) is 0 Å². The SMILES string of the molecule is CC1=[C-]C(C)C(C)=C1C.CCCCc1cccc(-c2c[cH-]c3ccccc23)c1.Cl.Cl.[CH3-].[CH3-].[Si]=[Zr]. The molecule has 186 valence electrons. The summed E-state index contributed by atoms with van der Waals surface area (Å²) in [6.07, 6.45) is 7.06. The van der Waals surface area contributed by atoms with Gasteiger partial charge in [-0.25, -0.2) is 5.57 Å². The molecule has 0 amide bonds. The van der Waals surface area contributed by atoms with Gasteiger partial charge in [0.15, 0.2) is 0 Å². The van der Waals surface area contributed by atoms with Crippen molar-refractivity contribution in [1.82, 2.24) is 0 Å². The van der Waals surface area contributed by atoms with Gasteiger partial charge in [0.05, 0.1) is 0 Å². The van der Waals surface area contributed by atoms with Crippen molar-refractivity contribution in [2.45, 2.75) is 53.9 Å². The molecule has 0 spiro atoms. The van der Waals surface area contributed by atoms with E-state index >= 15 is 0 Å². The number of allylic oxidation sites excluding steroid dienone is 4. The van der Waals surface area contributed by atoms with Crippen molar-refractivity contribution in [3.63, 3.8) is 0 Å². The van der Waals surface area contributed by atoms with Crippen LogP contribution in [-0.4, -0.2) is 6.88 Å². The zero-order valence-corrected chi connectivity index (χ0v) is 26.9. The van der Waals surface area contributed by atoms with Crippen LogP contribution in [0.25, 0.3) is 21.9 Å². The Morgan fingerprint density at radius 1 is 0.971 bits per heavy atom. The van der Waals surface area contributed by atoms with Gasteiger partial charge in [-0.15, -0.1) is 78.4 Å². The van der Waals surface area contributed by atoms with Crippen LogP contribution in [-0.2, 0) is 29.8 Å². The summed E-state index contributed by atoms with van der Waals surface area (Å²) in [7, 11) is 0. The van der Waals surface area contributed by atoms with E-state index in [2.05, 4.69) is 108 Å². The Hall–Kier alpha value is -0.790. The van der Waals surface area contributed by atoms with Crippen LogP contribution in [0.3, 0.4) is 0 Å². The van der Waals surface area contributed by atoms with Crippen molar-refractivity contribution in [3.05, 3.63) is 104 Å². The summed E-state index contributed by atoms with van der Waals surface area (Å²) in [4.78, 5) is 0. The Balaban J connectivity index is -0.000000555. The summed E-state index contributed by atoms with van der Waals surface area (Å²) in [6, 6.07) is 22.0. The predicted octanol–water partition coefficient (Wildman–Crippen LogP) is 9.65. The van der Waals surface area contributed by atoms with E-state index in [1.165, 1.54) is 86.8 Å². The van der Waals surface area contributed by atoms with E-state index in [-0.39, 0.29) is 39.7 Å². The zero-order chi connectivity index (χ0) is 22.1. The van der Waals surface area contributed by atoms with Gasteiger partial charge in [0.1, 0.15) is 0 Å². The van der Waals surface area contributed by atoms with Gasteiger partial charge in [-0.1, -0.05) is 75.9 Å². The number of hydrogen-bond acceptors (Lipinski definition) is 0. The van der Waals surface area contributed by atoms with Gasteiger partial charge in [0.25, 0.3) is 0 Å². The van der Waals surface area contributed by atoms with Crippen molar-refractivity contribution in [2.75, 3.05) is 0 Å². The van der Waals surface area contributed by atoms with Gasteiger partial charge < -0.3 is 14.9 Å². The van der Waals surface area contributed by atoms with Crippen molar-refractivity contribution in [3.8, 4) is 11.1 Å². The van der Waals surface area contributed by atoms with E-state index in [0.717, 1.165) is 0 Å². The van der Waals surface area contributed by atoms with Gasteiger partial charge in [-0.3, -0.25) is 6.08 Å². The molecule has 0 heterocycles. The number of hydrogen-bond donors (Lipinski definition) is 0. The molecular weight excluding hydrogens is 551 g/mol. The van der Waals surface area contributed by atoms with Gasteiger partial charge in [0.2, 0.25) is 0 Å². The van der Waals surface area contributed by atoms with Crippen molar-refractivity contribution >= 4 is 42.5 Å². The number of rotatable bonds is 4. The van der Waals surface area contributed by atoms with Crippen LogP contribution in [0.1, 0.15) is 53.0 Å². The normalized spacial score (nSPS) is 13.4. The monoisotopic (exact) mass is 588 g/mol. The Morgan fingerprint density at radius 3 is 2.15 bits per heavy atom. The molecule has 0 N–H and O–H groups in total. The molecule has 0 aromatic heterocycles. The fourth-order valence-corrected chi connectivity index (χ4v) is 3.84. The number of unbranched alkanes of at least 4 members (excludes halogenated alkanes) is 1. The molecule has 0 aliphatic heterocycles. The average molecular weight is 591 g/mol. The first kappa shape index (κ1) is 37.8. The molecule has 1 unspecified atom stereocenters. The summed E-state index contributed by atoms with van der Waals surface area (Å²) in [5, 5.41) is 2.69. The molecule has 0 nitrogen and oxygen atoms in total. The van der Waals surface area contributed by atoms with Crippen LogP contribution in [0.15, 0.2) is 77.4 Å². The van der Waals surface area contributed by atoms with E-state index in [1.807, 2.05) is 0 Å².